The summed E-state index contributed by atoms with van der Waals surface area (Å²) >= 11 is 0. The molecule has 3 heteroatoms. The summed E-state index contributed by atoms with van der Waals surface area (Å²) in [4.78, 5) is 0. The number of rotatable bonds is 5. The second kappa shape index (κ2) is 5.49. The summed E-state index contributed by atoms with van der Waals surface area (Å²) < 4.78 is 5.90. The van der Waals surface area contributed by atoms with Gasteiger partial charge in [-0.2, -0.15) is 0 Å². The molecule has 0 aliphatic heterocycles. The maximum absolute atomic E-state index is 5.90. The van der Waals surface area contributed by atoms with E-state index in [2.05, 4.69) is 12.0 Å². The molecule has 0 aromatic rings. The molecule has 1 rings (SSSR count). The molecular formula is C11H22N2O. The zero-order valence-electron chi connectivity index (χ0n) is 9.09. The van der Waals surface area contributed by atoms with Gasteiger partial charge >= 0.3 is 0 Å². The number of nitrogens with two attached hydrogens (primary N) is 1. The van der Waals surface area contributed by atoms with Gasteiger partial charge in [-0.3, -0.25) is 11.3 Å². The number of hydrogen-bond donors (Lipinski definition) is 2. The van der Waals surface area contributed by atoms with Crippen molar-refractivity contribution in [1.29, 1.82) is 0 Å². The molecular weight excluding hydrogens is 176 g/mol. The van der Waals surface area contributed by atoms with Gasteiger partial charge in [-0.15, -0.1) is 6.58 Å². The third-order valence-electron chi connectivity index (χ3n) is 3.11. The Bertz CT molecular complexity index is 171. The third-order valence-corrected chi connectivity index (χ3v) is 3.11. The van der Waals surface area contributed by atoms with Crippen molar-refractivity contribution in [2.45, 2.75) is 50.7 Å². The van der Waals surface area contributed by atoms with E-state index in [0.717, 1.165) is 19.4 Å². The van der Waals surface area contributed by atoms with E-state index in [9.17, 15) is 0 Å². The van der Waals surface area contributed by atoms with Crippen LogP contribution in [0.3, 0.4) is 0 Å². The molecule has 1 aliphatic rings. The van der Waals surface area contributed by atoms with Crippen LogP contribution in [-0.2, 0) is 4.74 Å². The summed E-state index contributed by atoms with van der Waals surface area (Å²) in [5.41, 5.74) is 2.70. The van der Waals surface area contributed by atoms with Crippen LogP contribution in [-0.4, -0.2) is 18.2 Å². The Kier molecular flexibility index (Phi) is 4.58. The van der Waals surface area contributed by atoms with Gasteiger partial charge in [0, 0.05) is 6.61 Å². The molecule has 0 radical (unpaired) electrons. The molecule has 0 saturated heterocycles. The minimum Gasteiger partial charge on any atom is -0.373 e. The number of ether oxygens (including phenoxy) is 1. The summed E-state index contributed by atoms with van der Waals surface area (Å²) in [7, 11) is 0. The molecule has 0 aromatic heterocycles. The predicted molar refractivity (Wildman–Crippen MR) is 58.8 cm³/mol. The zero-order valence-corrected chi connectivity index (χ0v) is 9.09. The van der Waals surface area contributed by atoms with E-state index >= 15 is 0 Å². The summed E-state index contributed by atoms with van der Waals surface area (Å²) in [6.07, 6.45) is 7.80. The Hall–Kier alpha value is -0.380. The Balaban J connectivity index is 2.71. The Labute approximate surface area is 86.7 Å². The van der Waals surface area contributed by atoms with E-state index in [1.54, 1.807) is 0 Å². The highest BCUT2D eigenvalue weighted by Crippen LogP contribution is 2.34. The van der Waals surface area contributed by atoms with Gasteiger partial charge in [-0.25, -0.2) is 0 Å². The fourth-order valence-corrected chi connectivity index (χ4v) is 2.42. The van der Waals surface area contributed by atoms with E-state index in [-0.39, 0.29) is 11.6 Å². The van der Waals surface area contributed by atoms with Gasteiger partial charge in [0.2, 0.25) is 0 Å². The summed E-state index contributed by atoms with van der Waals surface area (Å²) in [6.45, 7) is 6.59. The lowest BCUT2D eigenvalue weighted by molar-refractivity contribution is -0.0795. The van der Waals surface area contributed by atoms with Crippen molar-refractivity contribution in [2.75, 3.05) is 6.61 Å². The second-order valence-electron chi connectivity index (χ2n) is 3.94. The van der Waals surface area contributed by atoms with E-state index in [1.807, 2.05) is 13.0 Å². The highest BCUT2D eigenvalue weighted by atomic mass is 16.5. The van der Waals surface area contributed by atoms with Crippen molar-refractivity contribution >= 4 is 0 Å². The average Bonchev–Trinajstić information content (AvgIpc) is 2.21. The van der Waals surface area contributed by atoms with Gasteiger partial charge in [-0.05, 0) is 19.8 Å². The first-order valence-corrected chi connectivity index (χ1v) is 5.51. The van der Waals surface area contributed by atoms with Crippen LogP contribution in [0.2, 0.25) is 0 Å². The van der Waals surface area contributed by atoms with Crippen molar-refractivity contribution in [1.82, 2.24) is 5.43 Å². The molecule has 14 heavy (non-hydrogen) atoms. The van der Waals surface area contributed by atoms with Gasteiger partial charge in [0.15, 0.2) is 0 Å². The van der Waals surface area contributed by atoms with Crippen molar-refractivity contribution in [3.63, 3.8) is 0 Å². The fraction of sp³-hybridized carbons (Fsp3) is 0.818. The summed E-state index contributed by atoms with van der Waals surface area (Å²) in [6, 6.07) is 0.0720. The number of hydrogen-bond acceptors (Lipinski definition) is 3. The van der Waals surface area contributed by atoms with Gasteiger partial charge in [0.25, 0.3) is 0 Å². The highest BCUT2D eigenvalue weighted by molar-refractivity contribution is 5.03. The molecule has 0 aromatic carbocycles. The van der Waals surface area contributed by atoms with Crippen LogP contribution in [0.15, 0.2) is 12.7 Å². The molecule has 0 spiro atoms. The normalized spacial score (nSPS) is 23.0. The van der Waals surface area contributed by atoms with Gasteiger partial charge < -0.3 is 4.74 Å². The van der Waals surface area contributed by atoms with Crippen LogP contribution in [0.25, 0.3) is 0 Å². The maximum atomic E-state index is 5.90. The van der Waals surface area contributed by atoms with Gasteiger partial charge in [-0.1, -0.05) is 25.3 Å². The van der Waals surface area contributed by atoms with E-state index < -0.39 is 0 Å². The monoisotopic (exact) mass is 198 g/mol. The van der Waals surface area contributed by atoms with Crippen molar-refractivity contribution < 1.29 is 4.74 Å². The van der Waals surface area contributed by atoms with Crippen LogP contribution < -0.4 is 11.3 Å². The topological polar surface area (TPSA) is 47.3 Å². The van der Waals surface area contributed by atoms with Gasteiger partial charge in [0.1, 0.15) is 0 Å². The third kappa shape index (κ3) is 2.35. The molecule has 3 nitrogen and oxygen atoms in total. The minimum absolute atomic E-state index is 0.0720. The maximum Gasteiger partial charge on any atom is 0.0883 e. The van der Waals surface area contributed by atoms with Crippen LogP contribution in [0.5, 0.6) is 0 Å². The van der Waals surface area contributed by atoms with Crippen molar-refractivity contribution in [3.05, 3.63) is 12.7 Å². The summed E-state index contributed by atoms with van der Waals surface area (Å²) in [5, 5.41) is 0. The molecule has 82 valence electrons. The first-order valence-electron chi connectivity index (χ1n) is 5.51. The fourth-order valence-electron chi connectivity index (χ4n) is 2.42. The lowest BCUT2D eigenvalue weighted by atomic mass is 9.79. The molecule has 3 N–H and O–H groups in total. The quantitative estimate of drug-likeness (QED) is 0.402. The molecule has 1 aliphatic carbocycles. The number of nitrogens with one attached hydrogen (secondary N) is 1. The predicted octanol–water partition coefficient (Wildman–Crippen LogP) is 1.74. The van der Waals surface area contributed by atoms with Gasteiger partial charge in [0.05, 0.1) is 11.6 Å². The minimum atomic E-state index is -0.108. The average molecular weight is 198 g/mol. The van der Waals surface area contributed by atoms with E-state index in [0.29, 0.717) is 0 Å². The summed E-state index contributed by atoms with van der Waals surface area (Å²) in [5.74, 6) is 5.53. The molecule has 0 amide bonds. The standard InChI is InChI=1S/C11H22N2O/c1-3-10(13-12)11(14-4-2)8-6-5-7-9-11/h3,10,13H,1,4-9,12H2,2H3. The molecule has 1 atom stereocenters. The van der Waals surface area contributed by atoms with Crippen LogP contribution in [0, 0.1) is 0 Å². The van der Waals surface area contributed by atoms with Crippen LogP contribution in [0.1, 0.15) is 39.0 Å². The SMILES string of the molecule is C=CC(NN)C1(OCC)CCCCC1. The Morgan fingerprint density at radius 3 is 2.57 bits per heavy atom. The van der Waals surface area contributed by atoms with E-state index in [4.69, 9.17) is 10.6 Å². The van der Waals surface area contributed by atoms with Crippen LogP contribution >= 0.6 is 0 Å². The Morgan fingerprint density at radius 1 is 1.50 bits per heavy atom. The molecule has 1 saturated carbocycles. The lowest BCUT2D eigenvalue weighted by Crippen LogP contribution is -2.54. The smallest absolute Gasteiger partial charge is 0.0883 e. The zero-order chi connectivity index (χ0) is 10.4. The lowest BCUT2D eigenvalue weighted by Gasteiger charge is -2.41. The van der Waals surface area contributed by atoms with E-state index in [1.165, 1.54) is 19.3 Å². The molecule has 0 heterocycles. The first kappa shape index (κ1) is 11.7. The highest BCUT2D eigenvalue weighted by Gasteiger charge is 2.38. The molecule has 0 bridgehead atoms. The largest absolute Gasteiger partial charge is 0.373 e. The Morgan fingerprint density at radius 2 is 2.14 bits per heavy atom. The van der Waals surface area contributed by atoms with Crippen molar-refractivity contribution in [3.8, 4) is 0 Å². The molecule has 1 fully saturated rings. The van der Waals surface area contributed by atoms with Crippen LogP contribution in [0.4, 0.5) is 0 Å². The van der Waals surface area contributed by atoms with Crippen molar-refractivity contribution in [2.24, 2.45) is 5.84 Å². The molecule has 1 unspecified atom stereocenters. The first-order chi connectivity index (χ1) is 6.79. The number of hydrazine groups is 1. The second-order valence-corrected chi connectivity index (χ2v) is 3.94.